The number of amides is 1. The van der Waals surface area contributed by atoms with Crippen LogP contribution in [-0.2, 0) is 14.6 Å². The van der Waals surface area contributed by atoms with Crippen molar-refractivity contribution < 1.29 is 17.9 Å². The van der Waals surface area contributed by atoms with E-state index in [1.165, 1.54) is 0 Å². The predicted molar refractivity (Wildman–Crippen MR) is 93.0 cm³/mol. The molecule has 0 aromatic heterocycles. The van der Waals surface area contributed by atoms with Gasteiger partial charge in [-0.3, -0.25) is 4.79 Å². The summed E-state index contributed by atoms with van der Waals surface area (Å²) in [5.74, 6) is 0.497. The Hall–Kier alpha value is -2.34. The van der Waals surface area contributed by atoms with Gasteiger partial charge in [0.2, 0.25) is 5.91 Å². The van der Waals surface area contributed by atoms with Gasteiger partial charge >= 0.3 is 0 Å². The lowest BCUT2D eigenvalue weighted by atomic mass is 10.0. The van der Waals surface area contributed by atoms with Gasteiger partial charge in [0, 0.05) is 0 Å². The first kappa shape index (κ1) is 16.5. The molecule has 1 fully saturated rings. The van der Waals surface area contributed by atoms with Gasteiger partial charge in [-0.05, 0) is 37.1 Å². The summed E-state index contributed by atoms with van der Waals surface area (Å²) in [6.45, 7) is 0. The lowest BCUT2D eigenvalue weighted by molar-refractivity contribution is -0.119. The third kappa shape index (κ3) is 4.14. The topological polar surface area (TPSA) is 72.5 Å². The van der Waals surface area contributed by atoms with E-state index in [9.17, 15) is 13.2 Å². The maximum absolute atomic E-state index is 12.4. The Morgan fingerprint density at radius 3 is 2.50 bits per heavy atom. The van der Waals surface area contributed by atoms with Gasteiger partial charge in [-0.2, -0.15) is 0 Å². The highest BCUT2D eigenvalue weighted by atomic mass is 32.2. The zero-order chi connectivity index (χ0) is 17.0. The number of ether oxygens (including phenoxy) is 1. The van der Waals surface area contributed by atoms with Crippen LogP contribution in [0.2, 0.25) is 0 Å². The normalized spacial score (nSPS) is 19.4. The van der Waals surface area contributed by atoms with Crippen molar-refractivity contribution in [1.29, 1.82) is 0 Å². The molecular formula is C18H19NO4S. The first-order valence-corrected chi connectivity index (χ1v) is 9.69. The van der Waals surface area contributed by atoms with E-state index in [4.69, 9.17) is 4.74 Å². The van der Waals surface area contributed by atoms with E-state index >= 15 is 0 Å². The van der Waals surface area contributed by atoms with Crippen molar-refractivity contribution >= 4 is 21.4 Å². The lowest BCUT2D eigenvalue weighted by Crippen LogP contribution is -2.34. The first-order valence-electron chi connectivity index (χ1n) is 7.87. The van der Waals surface area contributed by atoms with Crippen molar-refractivity contribution in [1.82, 2.24) is 0 Å². The Labute approximate surface area is 141 Å². The molecule has 2 aromatic carbocycles. The summed E-state index contributed by atoms with van der Waals surface area (Å²) in [4.78, 5) is 12.4. The molecule has 1 aliphatic rings. The molecule has 1 saturated heterocycles. The minimum atomic E-state index is -3.12. The van der Waals surface area contributed by atoms with E-state index in [-0.39, 0.29) is 17.4 Å². The van der Waals surface area contributed by atoms with Crippen LogP contribution in [0.3, 0.4) is 0 Å². The summed E-state index contributed by atoms with van der Waals surface area (Å²) in [7, 11) is -3.12. The van der Waals surface area contributed by atoms with Crippen LogP contribution in [0.25, 0.3) is 0 Å². The molecule has 126 valence electrons. The van der Waals surface area contributed by atoms with Gasteiger partial charge in [-0.1, -0.05) is 30.3 Å². The average molecular weight is 345 g/mol. The summed E-state index contributed by atoms with van der Waals surface area (Å²) < 4.78 is 29.2. The Kier molecular flexibility index (Phi) is 4.85. The van der Waals surface area contributed by atoms with Gasteiger partial charge in [-0.25, -0.2) is 8.42 Å². The molecule has 0 aliphatic carbocycles. The molecule has 5 nitrogen and oxygen atoms in total. The van der Waals surface area contributed by atoms with Gasteiger partial charge in [-0.15, -0.1) is 0 Å². The number of carbonyl (C=O) groups is 1. The van der Waals surface area contributed by atoms with Gasteiger partial charge in [0.1, 0.15) is 5.75 Å². The number of rotatable bonds is 4. The fourth-order valence-corrected chi connectivity index (χ4v) is 4.44. The highest BCUT2D eigenvalue weighted by Crippen LogP contribution is 2.30. The molecular weight excluding hydrogens is 326 g/mol. The maximum atomic E-state index is 12.4. The van der Waals surface area contributed by atoms with Gasteiger partial charge in [0.15, 0.2) is 15.6 Å². The molecule has 1 amide bonds. The highest BCUT2D eigenvalue weighted by Gasteiger charge is 2.30. The molecule has 1 heterocycles. The van der Waals surface area contributed by atoms with E-state index < -0.39 is 15.8 Å². The molecule has 1 aliphatic heterocycles. The SMILES string of the molecule is O=C(Nc1ccccc1Oc1ccccc1)C1CCCS(=O)(=O)C1. The van der Waals surface area contributed by atoms with Crippen molar-refractivity contribution in [3.8, 4) is 11.5 Å². The standard InChI is InChI=1S/C18H19NO4S/c20-18(14-7-6-12-24(21,22)13-14)19-16-10-4-5-11-17(16)23-15-8-2-1-3-9-15/h1-5,8-11,14H,6-7,12-13H2,(H,19,20). The van der Waals surface area contributed by atoms with Crippen molar-refractivity contribution in [3.63, 3.8) is 0 Å². The fourth-order valence-electron chi connectivity index (χ4n) is 2.74. The average Bonchev–Trinajstić information content (AvgIpc) is 2.56. The predicted octanol–water partition coefficient (Wildman–Crippen LogP) is 3.24. The molecule has 0 bridgehead atoms. The van der Waals surface area contributed by atoms with Gasteiger partial charge < -0.3 is 10.1 Å². The Morgan fingerprint density at radius 2 is 1.75 bits per heavy atom. The minimum Gasteiger partial charge on any atom is -0.455 e. The van der Waals surface area contributed by atoms with Crippen LogP contribution in [0.4, 0.5) is 5.69 Å². The van der Waals surface area contributed by atoms with E-state index in [2.05, 4.69) is 5.32 Å². The number of carbonyl (C=O) groups excluding carboxylic acids is 1. The second-order valence-corrected chi connectivity index (χ2v) is 8.08. The second kappa shape index (κ2) is 7.05. The summed E-state index contributed by atoms with van der Waals surface area (Å²) in [6, 6.07) is 16.4. The van der Waals surface area contributed by atoms with E-state index in [1.807, 2.05) is 36.4 Å². The third-order valence-electron chi connectivity index (χ3n) is 3.95. The molecule has 1 atom stereocenters. The van der Waals surface area contributed by atoms with Crippen LogP contribution in [0.15, 0.2) is 54.6 Å². The molecule has 1 unspecified atom stereocenters. The first-order chi connectivity index (χ1) is 11.5. The Balaban J connectivity index is 1.74. The Bertz CT molecular complexity index is 818. The fraction of sp³-hybridized carbons (Fsp3) is 0.278. The van der Waals surface area contributed by atoms with E-state index in [0.717, 1.165) is 0 Å². The quantitative estimate of drug-likeness (QED) is 0.923. The molecule has 2 aromatic rings. The number of anilines is 1. The number of benzene rings is 2. The molecule has 0 saturated carbocycles. The van der Waals surface area contributed by atoms with Crippen LogP contribution in [0.5, 0.6) is 11.5 Å². The number of hydrogen-bond donors (Lipinski definition) is 1. The molecule has 0 radical (unpaired) electrons. The molecule has 0 spiro atoms. The van der Waals surface area contributed by atoms with E-state index in [0.29, 0.717) is 30.0 Å². The van der Waals surface area contributed by atoms with Crippen LogP contribution in [-0.4, -0.2) is 25.8 Å². The summed E-state index contributed by atoms with van der Waals surface area (Å²) in [6.07, 6.45) is 1.12. The zero-order valence-corrected chi connectivity index (χ0v) is 14.0. The van der Waals surface area contributed by atoms with Crippen LogP contribution >= 0.6 is 0 Å². The van der Waals surface area contributed by atoms with Crippen molar-refractivity contribution in [3.05, 3.63) is 54.6 Å². The lowest BCUT2D eigenvalue weighted by Gasteiger charge is -2.21. The largest absolute Gasteiger partial charge is 0.455 e. The zero-order valence-electron chi connectivity index (χ0n) is 13.1. The van der Waals surface area contributed by atoms with Crippen molar-refractivity contribution in [2.75, 3.05) is 16.8 Å². The molecule has 1 N–H and O–H groups in total. The number of para-hydroxylation sites is 3. The van der Waals surface area contributed by atoms with E-state index in [1.54, 1.807) is 18.2 Å². The molecule has 6 heteroatoms. The molecule has 3 rings (SSSR count). The smallest absolute Gasteiger partial charge is 0.228 e. The summed E-state index contributed by atoms with van der Waals surface area (Å²) in [5.41, 5.74) is 0.536. The highest BCUT2D eigenvalue weighted by molar-refractivity contribution is 7.91. The van der Waals surface area contributed by atoms with Crippen LogP contribution in [0, 0.1) is 5.92 Å². The van der Waals surface area contributed by atoms with Crippen molar-refractivity contribution in [2.24, 2.45) is 5.92 Å². The third-order valence-corrected chi connectivity index (χ3v) is 5.77. The summed E-state index contributed by atoms with van der Waals surface area (Å²) in [5, 5.41) is 2.81. The van der Waals surface area contributed by atoms with Gasteiger partial charge in [0.05, 0.1) is 23.1 Å². The number of hydrogen-bond acceptors (Lipinski definition) is 4. The summed E-state index contributed by atoms with van der Waals surface area (Å²) >= 11 is 0. The van der Waals surface area contributed by atoms with Gasteiger partial charge in [0.25, 0.3) is 0 Å². The van der Waals surface area contributed by atoms with Crippen molar-refractivity contribution in [2.45, 2.75) is 12.8 Å². The van der Waals surface area contributed by atoms with Crippen LogP contribution < -0.4 is 10.1 Å². The van der Waals surface area contributed by atoms with Crippen LogP contribution in [0.1, 0.15) is 12.8 Å². The Morgan fingerprint density at radius 1 is 1.04 bits per heavy atom. The maximum Gasteiger partial charge on any atom is 0.228 e. The minimum absolute atomic E-state index is 0.0828. The number of sulfone groups is 1. The monoisotopic (exact) mass is 345 g/mol. The molecule has 24 heavy (non-hydrogen) atoms. The number of nitrogens with one attached hydrogen (secondary N) is 1. The second-order valence-electron chi connectivity index (χ2n) is 5.85.